The van der Waals surface area contributed by atoms with Crippen LogP contribution in [0.1, 0.15) is 42.1 Å². The fraction of sp³-hybridized carbons (Fsp3) is 0.263. The van der Waals surface area contributed by atoms with Gasteiger partial charge in [-0.05, 0) is 36.8 Å². The second-order valence-corrected chi connectivity index (χ2v) is 6.14. The van der Waals surface area contributed by atoms with Gasteiger partial charge in [0, 0.05) is 35.9 Å². The van der Waals surface area contributed by atoms with E-state index in [4.69, 9.17) is 0 Å². The molecule has 1 atom stereocenters. The first-order valence-corrected chi connectivity index (χ1v) is 8.49. The largest absolute Gasteiger partial charge is 0.506 e. The molecule has 1 aliphatic heterocycles. The quantitative estimate of drug-likeness (QED) is 0.720. The Kier molecular flexibility index (Phi) is 5.26. The van der Waals surface area contributed by atoms with Gasteiger partial charge in [0.1, 0.15) is 5.75 Å². The van der Waals surface area contributed by atoms with Gasteiger partial charge in [-0.2, -0.15) is 5.10 Å². The van der Waals surface area contributed by atoms with Crippen LogP contribution in [0.2, 0.25) is 0 Å². The molecule has 3 N–H and O–H groups in total. The van der Waals surface area contributed by atoms with Crippen LogP contribution < -0.4 is 10.7 Å². The summed E-state index contributed by atoms with van der Waals surface area (Å²) in [5.41, 5.74) is 4.75. The van der Waals surface area contributed by atoms with Crippen molar-refractivity contribution in [2.45, 2.75) is 26.2 Å². The van der Waals surface area contributed by atoms with E-state index < -0.39 is 0 Å². The van der Waals surface area contributed by atoms with E-state index in [2.05, 4.69) is 27.8 Å². The van der Waals surface area contributed by atoms with Crippen LogP contribution in [-0.4, -0.2) is 27.6 Å². The van der Waals surface area contributed by atoms with Crippen LogP contribution in [0.4, 0.5) is 5.69 Å². The highest BCUT2D eigenvalue weighted by Crippen LogP contribution is 2.28. The van der Waals surface area contributed by atoms with Gasteiger partial charge in [-0.25, -0.2) is 5.43 Å². The summed E-state index contributed by atoms with van der Waals surface area (Å²) in [6.45, 7) is 2.06. The van der Waals surface area contributed by atoms with Crippen molar-refractivity contribution in [3.63, 3.8) is 0 Å². The summed E-state index contributed by atoms with van der Waals surface area (Å²) in [5.74, 6) is -0.466. The molecule has 0 radical (unpaired) electrons. The van der Waals surface area contributed by atoms with E-state index in [0.29, 0.717) is 17.7 Å². The molecule has 134 valence electrons. The number of aromatic nitrogens is 1. The maximum atomic E-state index is 12.3. The minimum Gasteiger partial charge on any atom is -0.506 e. The molecule has 7 heteroatoms. The third-order valence-corrected chi connectivity index (χ3v) is 4.24. The van der Waals surface area contributed by atoms with Crippen molar-refractivity contribution >= 4 is 23.2 Å². The van der Waals surface area contributed by atoms with Crippen LogP contribution in [0, 0.1) is 5.92 Å². The molecular weight excluding hydrogens is 332 g/mol. The zero-order valence-corrected chi connectivity index (χ0v) is 14.4. The van der Waals surface area contributed by atoms with E-state index >= 15 is 0 Å². The number of phenols is 1. The predicted molar refractivity (Wildman–Crippen MR) is 98.0 cm³/mol. The van der Waals surface area contributed by atoms with E-state index in [1.807, 2.05) is 0 Å². The van der Waals surface area contributed by atoms with Crippen LogP contribution in [0.15, 0.2) is 47.8 Å². The van der Waals surface area contributed by atoms with Crippen molar-refractivity contribution in [3.05, 3.63) is 53.9 Å². The number of hydrazone groups is 1. The minimum atomic E-state index is -0.344. The van der Waals surface area contributed by atoms with Gasteiger partial charge in [-0.3, -0.25) is 14.6 Å². The molecule has 0 fully saturated rings. The zero-order chi connectivity index (χ0) is 18.5. The first-order valence-electron chi connectivity index (χ1n) is 8.49. The smallest absolute Gasteiger partial charge is 0.255 e. The number of aromatic hydroxyl groups is 1. The topological polar surface area (TPSA) is 104 Å². The highest BCUT2D eigenvalue weighted by Gasteiger charge is 2.25. The maximum Gasteiger partial charge on any atom is 0.255 e. The number of rotatable bonds is 5. The first kappa shape index (κ1) is 17.6. The van der Waals surface area contributed by atoms with E-state index in [1.54, 1.807) is 24.3 Å². The van der Waals surface area contributed by atoms with E-state index in [9.17, 15) is 14.7 Å². The Morgan fingerprint density at radius 2 is 2.08 bits per heavy atom. The summed E-state index contributed by atoms with van der Waals surface area (Å²) in [6.07, 6.45) is 5.21. The molecule has 0 saturated carbocycles. The molecular formula is C19H20N4O3. The molecule has 0 bridgehead atoms. The third-order valence-electron chi connectivity index (χ3n) is 4.24. The molecule has 0 spiro atoms. The predicted octanol–water partition coefficient (Wildman–Crippen LogP) is 2.68. The van der Waals surface area contributed by atoms with E-state index in [-0.39, 0.29) is 23.5 Å². The molecule has 2 heterocycles. The molecule has 1 aliphatic rings. The molecule has 2 aromatic rings. The van der Waals surface area contributed by atoms with Crippen molar-refractivity contribution in [3.8, 4) is 5.75 Å². The number of pyridine rings is 1. The van der Waals surface area contributed by atoms with E-state index in [0.717, 1.165) is 24.1 Å². The number of hydrogen-bond donors (Lipinski definition) is 3. The zero-order valence-electron chi connectivity index (χ0n) is 14.4. The summed E-state index contributed by atoms with van der Waals surface area (Å²) in [4.78, 5) is 27.8. The fourth-order valence-corrected chi connectivity index (χ4v) is 2.96. The Morgan fingerprint density at radius 1 is 1.31 bits per heavy atom. The van der Waals surface area contributed by atoms with E-state index in [1.165, 1.54) is 18.5 Å². The second kappa shape index (κ2) is 7.77. The molecule has 26 heavy (non-hydrogen) atoms. The molecule has 7 nitrogen and oxygen atoms in total. The Labute approximate surface area is 151 Å². The number of phenolic OH excluding ortho intramolecular Hbond substituents is 1. The number of carbonyl (C=O) groups is 2. The highest BCUT2D eigenvalue weighted by atomic mass is 16.3. The fourth-order valence-electron chi connectivity index (χ4n) is 2.96. The third kappa shape index (κ3) is 3.88. The average molecular weight is 352 g/mol. The summed E-state index contributed by atoms with van der Waals surface area (Å²) in [7, 11) is 0. The van der Waals surface area contributed by atoms with Gasteiger partial charge < -0.3 is 10.4 Å². The summed E-state index contributed by atoms with van der Waals surface area (Å²) in [5, 5.41) is 17.0. The summed E-state index contributed by atoms with van der Waals surface area (Å²) in [6, 6.07) is 8.10. The average Bonchev–Trinajstić information content (AvgIpc) is 2.65. The van der Waals surface area contributed by atoms with Gasteiger partial charge in [0.15, 0.2) is 0 Å². The number of benzene rings is 1. The minimum absolute atomic E-state index is 0.0158. The Hall–Kier alpha value is -3.22. The Bertz CT molecular complexity index is 849. The van der Waals surface area contributed by atoms with Crippen LogP contribution in [0.25, 0.3) is 0 Å². The monoisotopic (exact) mass is 352 g/mol. The lowest BCUT2D eigenvalue weighted by Gasteiger charge is -2.23. The molecule has 0 aliphatic carbocycles. The Morgan fingerprint density at radius 3 is 2.81 bits per heavy atom. The second-order valence-electron chi connectivity index (χ2n) is 6.14. The van der Waals surface area contributed by atoms with Crippen LogP contribution >= 0.6 is 0 Å². The van der Waals surface area contributed by atoms with Crippen molar-refractivity contribution in [1.29, 1.82) is 0 Å². The van der Waals surface area contributed by atoms with Gasteiger partial charge in [0.25, 0.3) is 5.91 Å². The number of nitrogens with zero attached hydrogens (tertiary/aromatic N) is 2. The number of anilines is 1. The van der Waals surface area contributed by atoms with Crippen molar-refractivity contribution in [2.75, 3.05) is 5.32 Å². The highest BCUT2D eigenvalue weighted by molar-refractivity contribution is 6.08. The molecule has 3 rings (SSSR count). The number of amides is 2. The van der Waals surface area contributed by atoms with Gasteiger partial charge in [-0.1, -0.05) is 13.3 Å². The first-order chi connectivity index (χ1) is 12.6. The standard InChI is InChI=1S/C19H20N4O3/c1-2-3-13-11-17(25)22-23-18(13)14-4-5-16(24)15(10-14)21-19(26)12-6-8-20-9-7-12/h4-10,13,24H,2-3,11H2,1H3,(H,21,26)(H,22,25). The number of nitrogens with one attached hydrogen (secondary N) is 2. The van der Waals surface area contributed by atoms with Gasteiger partial charge in [0.2, 0.25) is 5.91 Å². The summed E-state index contributed by atoms with van der Waals surface area (Å²) >= 11 is 0. The summed E-state index contributed by atoms with van der Waals surface area (Å²) < 4.78 is 0. The lowest BCUT2D eigenvalue weighted by atomic mass is 9.88. The lowest BCUT2D eigenvalue weighted by Crippen LogP contribution is -2.33. The molecule has 1 aromatic carbocycles. The lowest BCUT2D eigenvalue weighted by molar-refractivity contribution is -0.122. The number of carbonyl (C=O) groups excluding carboxylic acids is 2. The number of hydrogen-bond acceptors (Lipinski definition) is 5. The maximum absolute atomic E-state index is 12.3. The normalized spacial score (nSPS) is 16.6. The van der Waals surface area contributed by atoms with Crippen molar-refractivity contribution < 1.29 is 14.7 Å². The van der Waals surface area contributed by atoms with Gasteiger partial charge >= 0.3 is 0 Å². The molecule has 1 aromatic heterocycles. The van der Waals surface area contributed by atoms with Gasteiger partial charge in [0.05, 0.1) is 11.4 Å². The van der Waals surface area contributed by atoms with Crippen LogP contribution in [-0.2, 0) is 4.79 Å². The van der Waals surface area contributed by atoms with Gasteiger partial charge in [-0.15, -0.1) is 0 Å². The molecule has 0 saturated heterocycles. The molecule has 2 amide bonds. The Balaban J connectivity index is 1.87. The SMILES string of the molecule is CCCC1CC(=O)NN=C1c1ccc(O)c(NC(=O)c2ccncc2)c1. The van der Waals surface area contributed by atoms with Crippen LogP contribution in [0.3, 0.4) is 0 Å². The molecule has 1 unspecified atom stereocenters. The van der Waals surface area contributed by atoms with Crippen LogP contribution in [0.5, 0.6) is 5.75 Å². The van der Waals surface area contributed by atoms with Crippen molar-refractivity contribution in [1.82, 2.24) is 10.4 Å². The van der Waals surface area contributed by atoms with Crippen molar-refractivity contribution in [2.24, 2.45) is 11.0 Å².